The zero-order chi connectivity index (χ0) is 16.4. The van der Waals surface area contributed by atoms with Crippen LogP contribution in [0.5, 0.6) is 0 Å². The molecule has 3 aromatic rings. The summed E-state index contributed by atoms with van der Waals surface area (Å²) in [5.74, 6) is 0. The minimum atomic E-state index is -0.400. The molecule has 0 saturated heterocycles. The van der Waals surface area contributed by atoms with Gasteiger partial charge in [0.25, 0.3) is 0 Å². The van der Waals surface area contributed by atoms with Crippen LogP contribution < -0.4 is 27.0 Å². The Morgan fingerprint density at radius 1 is 1.00 bits per heavy atom. The monoisotopic (exact) mass is 387 g/mol. The fraction of sp³-hybridized carbons (Fsp3) is 0. The Hall–Kier alpha value is -2.38. The lowest BCUT2D eigenvalue weighted by atomic mass is 10.2. The molecule has 0 bridgehead atoms. The molecule has 0 aliphatic heterocycles. The van der Waals surface area contributed by atoms with Gasteiger partial charge in [-0.15, -0.1) is 0 Å². The highest BCUT2D eigenvalue weighted by atomic mass is 79.9. The molecule has 2 N–H and O–H groups in total. The SMILES string of the molecule is O=c1c(=NNC(=S)Nc2cccc(Br)c2)c(=O)c2ccccc12. The van der Waals surface area contributed by atoms with Crippen LogP contribution in [0.1, 0.15) is 0 Å². The zero-order valence-electron chi connectivity index (χ0n) is 11.7. The first-order chi connectivity index (χ1) is 11.1. The van der Waals surface area contributed by atoms with E-state index < -0.39 is 10.9 Å². The van der Waals surface area contributed by atoms with E-state index in [2.05, 4.69) is 31.8 Å². The number of hydrogen-bond acceptors (Lipinski definition) is 4. The average Bonchev–Trinajstić information content (AvgIpc) is 2.77. The summed E-state index contributed by atoms with van der Waals surface area (Å²) in [4.78, 5) is 24.3. The maximum atomic E-state index is 12.2. The average molecular weight is 388 g/mol. The van der Waals surface area contributed by atoms with Crippen molar-refractivity contribution in [3.63, 3.8) is 0 Å². The molecule has 0 aromatic heterocycles. The van der Waals surface area contributed by atoms with Crippen LogP contribution in [0.3, 0.4) is 0 Å². The Bertz CT molecular complexity index is 1010. The molecule has 0 amide bonds. The van der Waals surface area contributed by atoms with Crippen LogP contribution in [-0.4, -0.2) is 5.11 Å². The van der Waals surface area contributed by atoms with Crippen molar-refractivity contribution in [3.05, 3.63) is 78.8 Å². The molecule has 0 saturated carbocycles. The standard InChI is InChI=1S/C16H10BrN3O2S/c17-9-4-3-5-10(8-9)18-16(23)20-19-13-14(21)11-6-1-2-7-12(11)15(13)22/h1-8H,(H2,18,20,23). The van der Waals surface area contributed by atoms with Crippen molar-refractivity contribution in [1.29, 1.82) is 0 Å². The van der Waals surface area contributed by atoms with Crippen LogP contribution in [0.15, 0.2) is 67.7 Å². The molecule has 3 rings (SSSR count). The van der Waals surface area contributed by atoms with E-state index in [1.807, 2.05) is 24.3 Å². The van der Waals surface area contributed by atoms with Crippen LogP contribution >= 0.6 is 28.1 Å². The molecule has 0 atom stereocenters. The molecule has 3 aromatic carbocycles. The van der Waals surface area contributed by atoms with Gasteiger partial charge in [0.2, 0.25) is 10.9 Å². The first-order valence-corrected chi connectivity index (χ1v) is 7.85. The van der Waals surface area contributed by atoms with Gasteiger partial charge in [0.05, 0.1) is 0 Å². The molecule has 114 valence electrons. The highest BCUT2D eigenvalue weighted by Crippen LogP contribution is 2.15. The van der Waals surface area contributed by atoms with Crippen LogP contribution in [0.25, 0.3) is 10.8 Å². The Labute approximate surface area is 144 Å². The summed E-state index contributed by atoms with van der Waals surface area (Å²) >= 11 is 8.47. The predicted octanol–water partition coefficient (Wildman–Crippen LogP) is 2.00. The molecule has 0 spiro atoms. The third kappa shape index (κ3) is 3.20. The lowest BCUT2D eigenvalue weighted by Gasteiger charge is -2.06. The Morgan fingerprint density at radius 2 is 1.65 bits per heavy atom. The van der Waals surface area contributed by atoms with Crippen LogP contribution in [0.4, 0.5) is 5.69 Å². The van der Waals surface area contributed by atoms with Gasteiger partial charge in [0, 0.05) is 20.9 Å². The highest BCUT2D eigenvalue weighted by Gasteiger charge is 2.09. The normalized spacial score (nSPS) is 10.5. The topological polar surface area (TPSA) is 70.6 Å². The summed E-state index contributed by atoms with van der Waals surface area (Å²) < 4.78 is 0.896. The number of thiocarbonyl (C=S) groups is 1. The lowest BCUT2D eigenvalue weighted by molar-refractivity contribution is 0.970. The van der Waals surface area contributed by atoms with Gasteiger partial charge >= 0.3 is 0 Å². The van der Waals surface area contributed by atoms with E-state index in [-0.39, 0.29) is 10.5 Å². The van der Waals surface area contributed by atoms with Crippen molar-refractivity contribution < 1.29 is 0 Å². The maximum Gasteiger partial charge on any atom is 0.217 e. The zero-order valence-corrected chi connectivity index (χ0v) is 14.1. The highest BCUT2D eigenvalue weighted by molar-refractivity contribution is 9.10. The van der Waals surface area contributed by atoms with E-state index in [1.54, 1.807) is 24.3 Å². The van der Waals surface area contributed by atoms with E-state index in [0.29, 0.717) is 10.8 Å². The quantitative estimate of drug-likeness (QED) is 0.519. The van der Waals surface area contributed by atoms with Gasteiger partial charge in [0.1, 0.15) is 0 Å². The fourth-order valence-corrected chi connectivity index (χ4v) is 2.73. The number of nitrogens with one attached hydrogen (secondary N) is 2. The van der Waals surface area contributed by atoms with E-state index in [0.717, 1.165) is 10.2 Å². The van der Waals surface area contributed by atoms with Gasteiger partial charge in [-0.05, 0) is 30.4 Å². The molecular formula is C16H10BrN3O2S. The number of rotatable bonds is 2. The van der Waals surface area contributed by atoms with E-state index in [1.165, 1.54) is 0 Å². The summed E-state index contributed by atoms with van der Waals surface area (Å²) in [6.45, 7) is 0. The van der Waals surface area contributed by atoms with Crippen molar-refractivity contribution >= 4 is 49.7 Å². The second-order valence-electron chi connectivity index (χ2n) is 4.74. The van der Waals surface area contributed by atoms with Gasteiger partial charge in [-0.3, -0.25) is 15.0 Å². The number of anilines is 1. The minimum absolute atomic E-state index is 0.162. The second-order valence-corrected chi connectivity index (χ2v) is 6.06. The van der Waals surface area contributed by atoms with Crippen molar-refractivity contribution in [1.82, 2.24) is 5.43 Å². The van der Waals surface area contributed by atoms with Crippen LogP contribution in [0.2, 0.25) is 0 Å². The molecule has 0 aliphatic rings. The van der Waals surface area contributed by atoms with Crippen molar-refractivity contribution in [2.24, 2.45) is 5.10 Å². The first kappa shape index (κ1) is 15.5. The first-order valence-electron chi connectivity index (χ1n) is 6.65. The van der Waals surface area contributed by atoms with E-state index in [4.69, 9.17) is 12.2 Å². The Morgan fingerprint density at radius 3 is 2.26 bits per heavy atom. The summed E-state index contributed by atoms with van der Waals surface area (Å²) in [6, 6.07) is 14.0. The van der Waals surface area contributed by atoms with Gasteiger partial charge in [-0.1, -0.05) is 46.3 Å². The number of fused-ring (bicyclic) bond motifs is 1. The fourth-order valence-electron chi connectivity index (χ4n) is 2.17. The third-order valence-electron chi connectivity index (χ3n) is 3.20. The maximum absolute atomic E-state index is 12.2. The second kappa shape index (κ2) is 6.39. The number of benzene rings is 2. The molecule has 0 heterocycles. The van der Waals surface area contributed by atoms with Gasteiger partial charge in [0.15, 0.2) is 10.5 Å². The molecule has 0 radical (unpaired) electrons. The molecule has 0 fully saturated rings. The van der Waals surface area contributed by atoms with Gasteiger partial charge in [-0.25, -0.2) is 0 Å². The van der Waals surface area contributed by atoms with E-state index >= 15 is 0 Å². The smallest absolute Gasteiger partial charge is 0.217 e. The predicted molar refractivity (Wildman–Crippen MR) is 97.9 cm³/mol. The van der Waals surface area contributed by atoms with Crippen molar-refractivity contribution in [3.8, 4) is 0 Å². The number of nitrogens with zero attached hydrogens (tertiary/aromatic N) is 1. The largest absolute Gasteiger partial charge is 0.331 e. The molecular weight excluding hydrogens is 378 g/mol. The molecule has 0 aliphatic carbocycles. The number of hydrogen-bond donors (Lipinski definition) is 2. The van der Waals surface area contributed by atoms with Crippen molar-refractivity contribution in [2.75, 3.05) is 5.32 Å². The molecule has 7 heteroatoms. The van der Waals surface area contributed by atoms with Gasteiger partial charge < -0.3 is 5.32 Å². The Kier molecular flexibility index (Phi) is 4.31. The lowest BCUT2D eigenvalue weighted by Crippen LogP contribution is -2.36. The molecule has 0 unspecified atom stereocenters. The third-order valence-corrected chi connectivity index (χ3v) is 3.88. The summed E-state index contributed by atoms with van der Waals surface area (Å²) in [7, 11) is 0. The molecule has 23 heavy (non-hydrogen) atoms. The number of halogens is 1. The Balaban J connectivity index is 1.87. The van der Waals surface area contributed by atoms with E-state index in [9.17, 15) is 9.59 Å². The summed E-state index contributed by atoms with van der Waals surface area (Å²) in [5, 5.41) is 7.54. The van der Waals surface area contributed by atoms with Crippen molar-refractivity contribution in [2.45, 2.75) is 0 Å². The van der Waals surface area contributed by atoms with Crippen LogP contribution in [-0.2, 0) is 0 Å². The summed E-state index contributed by atoms with van der Waals surface area (Å²) in [6.07, 6.45) is 0. The van der Waals surface area contributed by atoms with Crippen LogP contribution in [0, 0.1) is 0 Å². The summed E-state index contributed by atoms with van der Waals surface area (Å²) in [5.41, 5.74) is 2.49. The van der Waals surface area contributed by atoms with Gasteiger partial charge in [-0.2, -0.15) is 5.10 Å². The molecule has 5 nitrogen and oxygen atoms in total. The minimum Gasteiger partial charge on any atom is -0.331 e.